The Kier molecular flexibility index (Phi) is 8.49. The number of halogens is 6. The first-order valence-electron chi connectivity index (χ1n) is 12.1. The summed E-state index contributed by atoms with van der Waals surface area (Å²) in [7, 11) is -11.1. The van der Waals surface area contributed by atoms with E-state index in [1.165, 1.54) is 48.5 Å². The molecule has 45 heavy (non-hydrogen) atoms. The zero-order valence-electron chi connectivity index (χ0n) is 22.2. The van der Waals surface area contributed by atoms with Crippen LogP contribution in [0, 0.1) is 0 Å². The fraction of sp³-hybridized carbons (Fsp3) is 0.111. The van der Waals surface area contributed by atoms with E-state index in [1.54, 1.807) is 0 Å². The van der Waals surface area contributed by atoms with Crippen LogP contribution in [0.1, 0.15) is 11.1 Å². The molecule has 4 aromatic rings. The number of benzene rings is 4. The summed E-state index contributed by atoms with van der Waals surface area (Å²) in [6.07, 6.45) is -12.7. The van der Waals surface area contributed by atoms with Crippen molar-refractivity contribution in [1.82, 2.24) is 0 Å². The summed E-state index contributed by atoms with van der Waals surface area (Å²) in [5.41, 5.74) is 2.84. The maximum atomic E-state index is 14.8. The van der Waals surface area contributed by atoms with Gasteiger partial charge in [-0.2, -0.15) is 43.2 Å². The number of nitrogens with two attached hydrogens (primary N) is 2. The largest absolute Gasteiger partial charge is 0.456 e. The molecule has 0 amide bonds. The molecule has 0 saturated heterocycles. The van der Waals surface area contributed by atoms with Crippen molar-refractivity contribution in [2.75, 3.05) is 11.5 Å². The van der Waals surface area contributed by atoms with Crippen molar-refractivity contribution in [3.63, 3.8) is 0 Å². The van der Waals surface area contributed by atoms with Crippen LogP contribution >= 0.6 is 0 Å². The number of alkyl halides is 6. The highest BCUT2D eigenvalue weighted by Gasteiger charge is 2.72. The summed E-state index contributed by atoms with van der Waals surface area (Å²) in [5.74, 6) is -1.99. The van der Waals surface area contributed by atoms with E-state index in [9.17, 15) is 52.3 Å². The van der Waals surface area contributed by atoms with E-state index >= 15 is 0 Å². The lowest BCUT2D eigenvalue weighted by atomic mass is 9.73. The Morgan fingerprint density at radius 3 is 1.11 bits per heavy atom. The Morgan fingerprint density at radius 1 is 0.533 bits per heavy atom. The molecule has 0 atom stereocenters. The van der Waals surface area contributed by atoms with Gasteiger partial charge in [0.05, 0.1) is 0 Å². The van der Waals surface area contributed by atoms with Gasteiger partial charge >= 0.3 is 12.4 Å². The summed E-state index contributed by atoms with van der Waals surface area (Å²) in [6.45, 7) is 0. The monoisotopic (exact) mass is 678 g/mol. The summed E-state index contributed by atoms with van der Waals surface area (Å²) < 4.78 is 168. The van der Waals surface area contributed by atoms with Gasteiger partial charge < -0.3 is 20.9 Å². The highest BCUT2D eigenvalue weighted by atomic mass is 32.2. The van der Waals surface area contributed by atoms with Crippen LogP contribution in [0.4, 0.5) is 37.7 Å². The first-order chi connectivity index (χ1) is 20.6. The fourth-order valence-corrected chi connectivity index (χ4v) is 5.64. The molecule has 0 spiro atoms. The Labute approximate surface area is 251 Å². The van der Waals surface area contributed by atoms with Gasteiger partial charge in [0.1, 0.15) is 32.8 Å². The third-order valence-electron chi connectivity index (χ3n) is 6.38. The predicted molar refractivity (Wildman–Crippen MR) is 147 cm³/mol. The molecule has 0 heterocycles. The SMILES string of the molecule is Nc1ccc(Oc2ccc(C(c3ccc(Oc4ccc(N)cc4)c(S(=O)(=O)O)c3)(C(F)(F)F)C(F)(F)F)cc2S(=O)(=O)O)cc1. The highest BCUT2D eigenvalue weighted by Crippen LogP contribution is 2.57. The van der Waals surface area contributed by atoms with E-state index in [-0.39, 0.29) is 47.1 Å². The van der Waals surface area contributed by atoms with E-state index in [4.69, 9.17) is 20.9 Å². The predicted octanol–water partition coefficient (Wildman–Crippen LogP) is 6.34. The van der Waals surface area contributed by atoms with Gasteiger partial charge in [0.2, 0.25) is 5.41 Å². The highest BCUT2D eigenvalue weighted by molar-refractivity contribution is 7.86. The quantitative estimate of drug-likeness (QED) is 0.0934. The molecule has 0 saturated carbocycles. The zero-order valence-corrected chi connectivity index (χ0v) is 23.8. The normalized spacial score (nSPS) is 13.0. The average Bonchev–Trinajstić information content (AvgIpc) is 2.90. The number of rotatable bonds is 8. The first-order valence-corrected chi connectivity index (χ1v) is 15.0. The Morgan fingerprint density at radius 2 is 0.844 bits per heavy atom. The summed E-state index contributed by atoms with van der Waals surface area (Å²) in [6, 6.07) is 11.2. The maximum Gasteiger partial charge on any atom is 0.411 e. The van der Waals surface area contributed by atoms with Crippen molar-refractivity contribution in [1.29, 1.82) is 0 Å². The number of nitrogen functional groups attached to an aromatic ring is 2. The van der Waals surface area contributed by atoms with Crippen molar-refractivity contribution in [3.05, 3.63) is 96.1 Å². The van der Waals surface area contributed by atoms with E-state index in [2.05, 4.69) is 0 Å². The van der Waals surface area contributed by atoms with Crippen LogP contribution in [0.25, 0.3) is 0 Å². The molecular weight excluding hydrogens is 658 g/mol. The van der Waals surface area contributed by atoms with Crippen LogP contribution in [0.2, 0.25) is 0 Å². The van der Waals surface area contributed by atoms with Crippen LogP contribution < -0.4 is 20.9 Å². The second-order valence-electron chi connectivity index (χ2n) is 9.36. The molecule has 0 aliphatic carbocycles. The smallest absolute Gasteiger partial charge is 0.411 e. The molecule has 4 aromatic carbocycles. The number of anilines is 2. The van der Waals surface area contributed by atoms with Gasteiger partial charge in [0, 0.05) is 11.4 Å². The molecule has 0 aliphatic rings. The molecule has 240 valence electrons. The third kappa shape index (κ3) is 6.63. The number of ether oxygens (including phenoxy) is 2. The van der Waals surface area contributed by atoms with Crippen LogP contribution in [0.15, 0.2) is 94.7 Å². The van der Waals surface area contributed by atoms with Crippen LogP contribution in [0.5, 0.6) is 23.0 Å². The van der Waals surface area contributed by atoms with Crippen molar-refractivity contribution in [2.45, 2.75) is 27.6 Å². The minimum Gasteiger partial charge on any atom is -0.456 e. The van der Waals surface area contributed by atoms with Gasteiger partial charge in [-0.05, 0) is 83.9 Å². The van der Waals surface area contributed by atoms with E-state index in [0.29, 0.717) is 12.1 Å². The Hall–Kier alpha value is -4.52. The van der Waals surface area contributed by atoms with Crippen molar-refractivity contribution in [2.24, 2.45) is 0 Å². The van der Waals surface area contributed by atoms with Gasteiger partial charge in [-0.1, -0.05) is 12.1 Å². The van der Waals surface area contributed by atoms with Crippen LogP contribution in [-0.4, -0.2) is 38.3 Å². The van der Waals surface area contributed by atoms with Crippen LogP contribution in [0.3, 0.4) is 0 Å². The molecule has 0 bridgehead atoms. The number of hydrogen-bond acceptors (Lipinski definition) is 8. The molecule has 0 aromatic heterocycles. The minimum atomic E-state index is -6.34. The van der Waals surface area contributed by atoms with Gasteiger partial charge in [-0.25, -0.2) is 0 Å². The van der Waals surface area contributed by atoms with E-state index < -0.39 is 70.4 Å². The summed E-state index contributed by atoms with van der Waals surface area (Å²) >= 11 is 0. The third-order valence-corrected chi connectivity index (χ3v) is 8.13. The second kappa shape index (κ2) is 11.4. The standard InChI is InChI=1S/C27H20F6N2O8S2/c28-26(29,30)25(27(31,32)33,15-1-11-21(23(13-15)44(36,37)38)42-19-7-3-17(34)4-8-19)16-2-12-22(24(14-16)45(39,40)41)43-20-9-5-18(35)6-10-20/h1-14H,34-35H2,(H,36,37,38)(H,39,40,41). The van der Waals surface area contributed by atoms with E-state index in [1.807, 2.05) is 0 Å². The molecule has 0 unspecified atom stereocenters. The molecule has 10 nitrogen and oxygen atoms in total. The molecule has 0 fully saturated rings. The first kappa shape index (κ1) is 33.4. The average molecular weight is 679 g/mol. The summed E-state index contributed by atoms with van der Waals surface area (Å²) in [4.78, 5) is -2.96. The lowest BCUT2D eigenvalue weighted by Gasteiger charge is -2.38. The van der Waals surface area contributed by atoms with Gasteiger partial charge in [0.25, 0.3) is 20.2 Å². The lowest BCUT2D eigenvalue weighted by Crippen LogP contribution is -2.54. The van der Waals surface area contributed by atoms with Crippen molar-refractivity contribution < 1.29 is 61.8 Å². The molecule has 0 radical (unpaired) electrons. The fourth-order valence-electron chi connectivity index (χ4n) is 4.36. The summed E-state index contributed by atoms with van der Waals surface area (Å²) in [5, 5.41) is 0. The van der Waals surface area contributed by atoms with Gasteiger partial charge in [-0.3, -0.25) is 9.11 Å². The van der Waals surface area contributed by atoms with Crippen LogP contribution in [-0.2, 0) is 25.7 Å². The van der Waals surface area contributed by atoms with E-state index in [0.717, 1.165) is 0 Å². The Bertz CT molecular complexity index is 1800. The van der Waals surface area contributed by atoms with Gasteiger partial charge in [0.15, 0.2) is 0 Å². The maximum absolute atomic E-state index is 14.8. The lowest BCUT2D eigenvalue weighted by molar-refractivity contribution is -0.288. The molecule has 6 N–H and O–H groups in total. The topological polar surface area (TPSA) is 179 Å². The Balaban J connectivity index is 2.00. The zero-order chi connectivity index (χ0) is 33.6. The van der Waals surface area contributed by atoms with Crippen molar-refractivity contribution in [3.8, 4) is 23.0 Å². The molecule has 18 heteroatoms. The number of hydrogen-bond donors (Lipinski definition) is 4. The second-order valence-corrected chi connectivity index (χ2v) is 12.1. The minimum absolute atomic E-state index is 0.102. The van der Waals surface area contributed by atoms with Gasteiger partial charge in [-0.15, -0.1) is 0 Å². The molecular formula is C27H20F6N2O8S2. The van der Waals surface area contributed by atoms with Crippen molar-refractivity contribution >= 4 is 31.6 Å². The molecule has 4 rings (SSSR count). The molecule has 0 aliphatic heterocycles.